The molecule has 182 valence electrons. The topological polar surface area (TPSA) is 128 Å². The van der Waals surface area contributed by atoms with Crippen LogP contribution in [0.5, 0.6) is 11.5 Å². The standard InChI is InChI=1S/C24H22ClN3O7/c1-3-33-21-12-15(4-10-19(21)34-14-18-9-11-20(35-18)24(31)32-2)13-26-28-23(30)22(29)27-17-7-5-16(25)6-8-17/h4-13H,3,14H2,1-2H3,(H,27,29)(H,28,30)/b26-13+. The number of nitrogens with zero attached hydrogens (tertiary/aromatic N) is 1. The molecule has 10 nitrogen and oxygen atoms in total. The summed E-state index contributed by atoms with van der Waals surface area (Å²) in [5.41, 5.74) is 3.17. The van der Waals surface area contributed by atoms with Gasteiger partial charge in [0, 0.05) is 10.7 Å². The first kappa shape index (κ1) is 25.3. The van der Waals surface area contributed by atoms with Crippen LogP contribution in [0.2, 0.25) is 5.02 Å². The van der Waals surface area contributed by atoms with E-state index >= 15 is 0 Å². The largest absolute Gasteiger partial charge is 0.490 e. The summed E-state index contributed by atoms with van der Waals surface area (Å²) in [7, 11) is 1.27. The van der Waals surface area contributed by atoms with Crippen molar-refractivity contribution in [3.8, 4) is 11.5 Å². The van der Waals surface area contributed by atoms with Crippen molar-refractivity contribution < 1.29 is 33.0 Å². The second kappa shape index (κ2) is 12.2. The van der Waals surface area contributed by atoms with Gasteiger partial charge in [-0.1, -0.05) is 11.6 Å². The van der Waals surface area contributed by atoms with Crippen LogP contribution in [0.1, 0.15) is 28.8 Å². The Kier molecular flexibility index (Phi) is 8.85. The highest BCUT2D eigenvalue weighted by atomic mass is 35.5. The molecule has 35 heavy (non-hydrogen) atoms. The van der Waals surface area contributed by atoms with Crippen LogP contribution in [0, 0.1) is 0 Å². The lowest BCUT2D eigenvalue weighted by atomic mass is 10.2. The molecule has 0 radical (unpaired) electrons. The molecule has 2 amide bonds. The number of anilines is 1. The van der Waals surface area contributed by atoms with E-state index in [0.717, 1.165) is 0 Å². The van der Waals surface area contributed by atoms with Crippen LogP contribution in [-0.2, 0) is 20.9 Å². The van der Waals surface area contributed by atoms with Gasteiger partial charge >= 0.3 is 17.8 Å². The molecule has 0 spiro atoms. The third-order valence-corrected chi connectivity index (χ3v) is 4.63. The van der Waals surface area contributed by atoms with Crippen molar-refractivity contribution in [1.29, 1.82) is 0 Å². The quantitative estimate of drug-likeness (QED) is 0.198. The van der Waals surface area contributed by atoms with Crippen molar-refractivity contribution in [2.24, 2.45) is 5.10 Å². The van der Waals surface area contributed by atoms with Gasteiger partial charge in [0.1, 0.15) is 12.4 Å². The molecule has 0 aliphatic carbocycles. The van der Waals surface area contributed by atoms with Crippen LogP contribution in [0.4, 0.5) is 5.69 Å². The summed E-state index contributed by atoms with van der Waals surface area (Å²) in [5, 5.41) is 6.75. The lowest BCUT2D eigenvalue weighted by Gasteiger charge is -2.11. The summed E-state index contributed by atoms with van der Waals surface area (Å²) in [5.74, 6) is -1.02. The number of benzene rings is 2. The molecular weight excluding hydrogens is 478 g/mol. The van der Waals surface area contributed by atoms with Crippen molar-refractivity contribution in [1.82, 2.24) is 5.43 Å². The van der Waals surface area contributed by atoms with Crippen LogP contribution in [-0.4, -0.2) is 37.7 Å². The highest BCUT2D eigenvalue weighted by molar-refractivity contribution is 6.39. The second-order valence-corrected chi connectivity index (χ2v) is 7.28. The van der Waals surface area contributed by atoms with Gasteiger partial charge in [0.15, 0.2) is 11.5 Å². The third-order valence-electron chi connectivity index (χ3n) is 4.37. The number of carbonyl (C=O) groups excluding carboxylic acids is 3. The van der Waals surface area contributed by atoms with Gasteiger partial charge in [-0.3, -0.25) is 9.59 Å². The fraction of sp³-hybridized carbons (Fsp3) is 0.167. The Bertz CT molecular complexity index is 1220. The third kappa shape index (κ3) is 7.34. The maximum atomic E-state index is 12.0. The van der Waals surface area contributed by atoms with Gasteiger partial charge in [-0.05, 0) is 67.1 Å². The molecule has 1 aromatic heterocycles. The Morgan fingerprint density at radius 3 is 2.49 bits per heavy atom. The molecule has 0 saturated carbocycles. The molecule has 0 fully saturated rings. The second-order valence-electron chi connectivity index (χ2n) is 6.85. The number of carbonyl (C=O) groups is 3. The Morgan fingerprint density at radius 1 is 1.00 bits per heavy atom. The molecule has 0 aliphatic heterocycles. The van der Waals surface area contributed by atoms with Crippen molar-refractivity contribution in [2.45, 2.75) is 13.5 Å². The number of nitrogens with one attached hydrogen (secondary N) is 2. The number of rotatable bonds is 9. The average Bonchev–Trinajstić information content (AvgIpc) is 3.33. The fourth-order valence-electron chi connectivity index (χ4n) is 2.74. The van der Waals surface area contributed by atoms with E-state index in [1.54, 1.807) is 48.5 Å². The number of halogens is 1. The van der Waals surface area contributed by atoms with E-state index in [9.17, 15) is 14.4 Å². The number of furan rings is 1. The molecule has 0 aliphatic rings. The minimum atomic E-state index is -0.939. The van der Waals surface area contributed by atoms with Gasteiger partial charge in [0.25, 0.3) is 0 Å². The molecule has 3 rings (SSSR count). The van der Waals surface area contributed by atoms with Crippen LogP contribution in [0.25, 0.3) is 0 Å². The molecule has 1 heterocycles. The number of hydrazone groups is 1. The van der Waals surface area contributed by atoms with E-state index in [4.69, 9.17) is 25.5 Å². The Hall–Kier alpha value is -4.31. The number of hydrogen-bond donors (Lipinski definition) is 2. The smallest absolute Gasteiger partial charge is 0.373 e. The molecule has 3 aromatic rings. The molecule has 0 atom stereocenters. The normalized spacial score (nSPS) is 10.6. The van der Waals surface area contributed by atoms with Gasteiger partial charge in [-0.2, -0.15) is 5.10 Å². The first-order valence-electron chi connectivity index (χ1n) is 10.4. The minimum Gasteiger partial charge on any atom is -0.490 e. The van der Waals surface area contributed by atoms with Crippen LogP contribution in [0.3, 0.4) is 0 Å². The van der Waals surface area contributed by atoms with E-state index in [2.05, 4.69) is 20.6 Å². The van der Waals surface area contributed by atoms with Gasteiger partial charge < -0.3 is 23.9 Å². The van der Waals surface area contributed by atoms with E-state index in [1.807, 2.05) is 6.92 Å². The zero-order chi connectivity index (χ0) is 25.2. The number of esters is 1. The molecule has 0 unspecified atom stereocenters. The molecule has 0 saturated heterocycles. The molecule has 2 aromatic carbocycles. The van der Waals surface area contributed by atoms with Crippen molar-refractivity contribution in [3.05, 3.63) is 76.7 Å². The summed E-state index contributed by atoms with van der Waals surface area (Å²) in [6.45, 7) is 2.26. The fourth-order valence-corrected chi connectivity index (χ4v) is 2.87. The lowest BCUT2D eigenvalue weighted by molar-refractivity contribution is -0.136. The zero-order valence-corrected chi connectivity index (χ0v) is 19.6. The van der Waals surface area contributed by atoms with Crippen LogP contribution < -0.4 is 20.2 Å². The van der Waals surface area contributed by atoms with Gasteiger partial charge in [0.05, 0.1) is 19.9 Å². The van der Waals surface area contributed by atoms with Crippen LogP contribution in [0.15, 0.2) is 64.1 Å². The minimum absolute atomic E-state index is 0.0588. The van der Waals surface area contributed by atoms with E-state index in [0.29, 0.717) is 40.1 Å². The summed E-state index contributed by atoms with van der Waals surface area (Å²) < 4.78 is 21.4. The first-order valence-corrected chi connectivity index (χ1v) is 10.7. The van der Waals surface area contributed by atoms with Gasteiger partial charge in [-0.25, -0.2) is 10.2 Å². The van der Waals surface area contributed by atoms with Crippen molar-refractivity contribution in [2.75, 3.05) is 19.0 Å². The molecule has 0 bridgehead atoms. The summed E-state index contributed by atoms with van der Waals surface area (Å²) in [4.78, 5) is 35.4. The van der Waals surface area contributed by atoms with E-state index < -0.39 is 17.8 Å². The predicted octanol–water partition coefficient (Wildman–Crippen LogP) is 3.79. The highest BCUT2D eigenvalue weighted by Gasteiger charge is 2.14. The maximum absolute atomic E-state index is 12.0. The number of methoxy groups -OCH3 is 1. The summed E-state index contributed by atoms with van der Waals surface area (Å²) in [6.07, 6.45) is 1.36. The average molecular weight is 500 g/mol. The molecule has 11 heteroatoms. The maximum Gasteiger partial charge on any atom is 0.373 e. The monoisotopic (exact) mass is 499 g/mol. The van der Waals surface area contributed by atoms with Gasteiger partial charge in [0.2, 0.25) is 5.76 Å². The van der Waals surface area contributed by atoms with Crippen molar-refractivity contribution in [3.63, 3.8) is 0 Å². The number of hydrogen-bond acceptors (Lipinski definition) is 8. The first-order chi connectivity index (χ1) is 16.9. The molecule has 2 N–H and O–H groups in total. The SMILES string of the molecule is CCOc1cc(/C=N/NC(=O)C(=O)Nc2ccc(Cl)cc2)ccc1OCc1ccc(C(=O)OC)o1. The van der Waals surface area contributed by atoms with E-state index in [1.165, 1.54) is 19.4 Å². The number of ether oxygens (including phenoxy) is 3. The Labute approximate surface area is 205 Å². The lowest BCUT2D eigenvalue weighted by Crippen LogP contribution is -2.32. The summed E-state index contributed by atoms with van der Waals surface area (Å²) >= 11 is 5.79. The van der Waals surface area contributed by atoms with Crippen LogP contribution >= 0.6 is 11.6 Å². The van der Waals surface area contributed by atoms with Crippen molar-refractivity contribution >= 4 is 41.3 Å². The Morgan fingerprint density at radius 2 is 1.77 bits per heavy atom. The zero-order valence-electron chi connectivity index (χ0n) is 18.9. The molecular formula is C24H22ClN3O7. The van der Waals surface area contributed by atoms with E-state index in [-0.39, 0.29) is 12.4 Å². The Balaban J connectivity index is 1.58. The number of amides is 2. The van der Waals surface area contributed by atoms with Gasteiger partial charge in [-0.15, -0.1) is 0 Å². The predicted molar refractivity (Wildman–Crippen MR) is 128 cm³/mol. The summed E-state index contributed by atoms with van der Waals surface area (Å²) in [6, 6.07) is 14.4. The highest BCUT2D eigenvalue weighted by Crippen LogP contribution is 2.29.